The molecule has 0 aliphatic heterocycles. The normalized spacial score (nSPS) is 13.5. The van der Waals surface area contributed by atoms with Gasteiger partial charge in [-0.05, 0) is 25.0 Å². The van der Waals surface area contributed by atoms with Crippen molar-refractivity contribution in [3.05, 3.63) is 35.2 Å². The van der Waals surface area contributed by atoms with E-state index in [4.69, 9.17) is 11.6 Å². The van der Waals surface area contributed by atoms with Crippen LogP contribution in [0.2, 0.25) is 0 Å². The summed E-state index contributed by atoms with van der Waals surface area (Å²) in [5, 5.41) is 0.214. The molecule has 0 N–H and O–H groups in total. The van der Waals surface area contributed by atoms with Crippen molar-refractivity contribution >= 4 is 11.6 Å². The molecule has 0 bridgehead atoms. The SMILES string of the molecule is C=C(Cl)/C=C(F)\C(C)=C/CC. The summed E-state index contributed by atoms with van der Waals surface area (Å²) < 4.78 is 12.9. The topological polar surface area (TPSA) is 0 Å². The first-order valence-electron chi connectivity index (χ1n) is 3.46. The summed E-state index contributed by atoms with van der Waals surface area (Å²) in [5.41, 5.74) is 0.606. The van der Waals surface area contributed by atoms with Crippen molar-refractivity contribution in [1.29, 1.82) is 0 Å². The molecule has 0 aromatic heterocycles. The van der Waals surface area contributed by atoms with E-state index in [9.17, 15) is 4.39 Å². The lowest BCUT2D eigenvalue weighted by Crippen LogP contribution is -1.77. The zero-order chi connectivity index (χ0) is 8.85. The Morgan fingerprint density at radius 3 is 2.55 bits per heavy atom. The van der Waals surface area contributed by atoms with Crippen molar-refractivity contribution in [3.8, 4) is 0 Å². The summed E-state index contributed by atoms with van der Waals surface area (Å²) >= 11 is 5.38. The molecule has 0 unspecified atom stereocenters. The predicted molar refractivity (Wildman–Crippen MR) is 48.2 cm³/mol. The number of hydrogen-bond acceptors (Lipinski definition) is 0. The summed E-state index contributed by atoms with van der Waals surface area (Å²) in [6, 6.07) is 0. The molecule has 0 aliphatic carbocycles. The van der Waals surface area contributed by atoms with Gasteiger partial charge in [0.05, 0.1) is 0 Å². The van der Waals surface area contributed by atoms with E-state index in [2.05, 4.69) is 6.58 Å². The van der Waals surface area contributed by atoms with Crippen LogP contribution in [0, 0.1) is 0 Å². The molecule has 0 saturated carbocycles. The van der Waals surface area contributed by atoms with Crippen molar-refractivity contribution in [1.82, 2.24) is 0 Å². The van der Waals surface area contributed by atoms with E-state index in [1.807, 2.05) is 6.92 Å². The first-order valence-corrected chi connectivity index (χ1v) is 3.84. The molecule has 0 aromatic rings. The molecule has 2 heteroatoms. The van der Waals surface area contributed by atoms with Crippen LogP contribution in [0.4, 0.5) is 4.39 Å². The maximum atomic E-state index is 12.9. The van der Waals surface area contributed by atoms with E-state index in [-0.39, 0.29) is 10.9 Å². The predicted octanol–water partition coefficient (Wildman–Crippen LogP) is 3.95. The summed E-state index contributed by atoms with van der Waals surface area (Å²) in [7, 11) is 0. The van der Waals surface area contributed by atoms with Gasteiger partial charge in [-0.2, -0.15) is 0 Å². The summed E-state index contributed by atoms with van der Waals surface area (Å²) in [6.45, 7) is 7.01. The van der Waals surface area contributed by atoms with Crippen molar-refractivity contribution in [2.45, 2.75) is 20.3 Å². The minimum atomic E-state index is -0.313. The van der Waals surface area contributed by atoms with E-state index in [0.29, 0.717) is 5.57 Å². The molecule has 0 atom stereocenters. The highest BCUT2D eigenvalue weighted by molar-refractivity contribution is 6.30. The zero-order valence-electron chi connectivity index (χ0n) is 6.82. The van der Waals surface area contributed by atoms with Crippen LogP contribution in [0.15, 0.2) is 35.2 Å². The minimum Gasteiger partial charge on any atom is -0.207 e. The lowest BCUT2D eigenvalue weighted by molar-refractivity contribution is 0.650. The Balaban J connectivity index is 4.35. The maximum Gasteiger partial charge on any atom is 0.127 e. The lowest BCUT2D eigenvalue weighted by Gasteiger charge is -1.94. The van der Waals surface area contributed by atoms with Gasteiger partial charge >= 0.3 is 0 Å². The molecule has 0 spiro atoms. The van der Waals surface area contributed by atoms with Crippen LogP contribution in [-0.4, -0.2) is 0 Å². The second-order valence-corrected chi connectivity index (χ2v) is 2.72. The zero-order valence-corrected chi connectivity index (χ0v) is 7.58. The second-order valence-electron chi connectivity index (χ2n) is 2.23. The molecule has 0 amide bonds. The van der Waals surface area contributed by atoms with Gasteiger partial charge in [0.1, 0.15) is 5.83 Å². The Morgan fingerprint density at radius 1 is 1.64 bits per heavy atom. The number of hydrogen-bond donors (Lipinski definition) is 0. The molecule has 62 valence electrons. The van der Waals surface area contributed by atoms with Gasteiger partial charge in [0, 0.05) is 5.03 Å². The van der Waals surface area contributed by atoms with Crippen molar-refractivity contribution < 1.29 is 4.39 Å². The smallest absolute Gasteiger partial charge is 0.127 e. The molecule has 0 fully saturated rings. The van der Waals surface area contributed by atoms with Crippen molar-refractivity contribution in [2.24, 2.45) is 0 Å². The third-order valence-electron chi connectivity index (χ3n) is 1.17. The molecule has 0 nitrogen and oxygen atoms in total. The van der Waals surface area contributed by atoms with E-state index < -0.39 is 0 Å². The lowest BCUT2D eigenvalue weighted by atomic mass is 10.2. The van der Waals surface area contributed by atoms with Crippen molar-refractivity contribution in [2.75, 3.05) is 0 Å². The molecule has 0 aliphatic rings. The standard InChI is InChI=1S/C9H12ClF/c1-4-5-7(2)9(11)6-8(3)10/h5-6H,3-4H2,1-2H3/b7-5-,9-6+. The van der Waals surface area contributed by atoms with Crippen LogP contribution in [0.1, 0.15) is 20.3 Å². The highest BCUT2D eigenvalue weighted by Gasteiger charge is 1.96. The van der Waals surface area contributed by atoms with E-state index >= 15 is 0 Å². The van der Waals surface area contributed by atoms with Gasteiger partial charge in [-0.3, -0.25) is 0 Å². The highest BCUT2D eigenvalue weighted by Crippen LogP contribution is 2.14. The average molecular weight is 175 g/mol. The number of allylic oxidation sites excluding steroid dienone is 5. The van der Waals surface area contributed by atoms with Crippen LogP contribution in [0.5, 0.6) is 0 Å². The first kappa shape index (κ1) is 10.4. The fraction of sp³-hybridized carbons (Fsp3) is 0.333. The third-order valence-corrected chi connectivity index (χ3v) is 1.28. The summed E-state index contributed by atoms with van der Waals surface area (Å²) in [6.07, 6.45) is 3.83. The molecular weight excluding hydrogens is 163 g/mol. The first-order chi connectivity index (χ1) is 5.07. The van der Waals surface area contributed by atoms with Gasteiger partial charge in [-0.15, -0.1) is 0 Å². The van der Waals surface area contributed by atoms with Gasteiger partial charge in [0.15, 0.2) is 0 Å². The van der Waals surface area contributed by atoms with Gasteiger partial charge in [-0.25, -0.2) is 4.39 Å². The quantitative estimate of drug-likeness (QED) is 0.569. The van der Waals surface area contributed by atoms with Gasteiger partial charge in [0.2, 0.25) is 0 Å². The molecule has 0 heterocycles. The van der Waals surface area contributed by atoms with Gasteiger partial charge in [0.25, 0.3) is 0 Å². The molecule has 0 aromatic carbocycles. The Labute approximate surface area is 72.1 Å². The second kappa shape index (κ2) is 5.14. The van der Waals surface area contributed by atoms with E-state index in [1.54, 1.807) is 13.0 Å². The molecule has 0 rings (SSSR count). The van der Waals surface area contributed by atoms with E-state index in [1.165, 1.54) is 6.08 Å². The van der Waals surface area contributed by atoms with Crippen LogP contribution in [-0.2, 0) is 0 Å². The fourth-order valence-electron chi connectivity index (χ4n) is 0.655. The summed E-state index contributed by atoms with van der Waals surface area (Å²) in [5.74, 6) is -0.313. The van der Waals surface area contributed by atoms with Gasteiger partial charge < -0.3 is 0 Å². The Hall–Kier alpha value is -0.560. The fourth-order valence-corrected chi connectivity index (χ4v) is 0.751. The van der Waals surface area contributed by atoms with Crippen LogP contribution in [0.25, 0.3) is 0 Å². The molecule has 0 radical (unpaired) electrons. The summed E-state index contributed by atoms with van der Waals surface area (Å²) in [4.78, 5) is 0. The molecular formula is C9H12ClF. The van der Waals surface area contributed by atoms with Crippen LogP contribution >= 0.6 is 11.6 Å². The van der Waals surface area contributed by atoms with Crippen LogP contribution < -0.4 is 0 Å². The Kier molecular flexibility index (Phi) is 4.88. The van der Waals surface area contributed by atoms with Crippen LogP contribution in [0.3, 0.4) is 0 Å². The number of rotatable bonds is 3. The number of halogens is 2. The molecule has 0 saturated heterocycles. The van der Waals surface area contributed by atoms with Crippen molar-refractivity contribution in [3.63, 3.8) is 0 Å². The molecule has 11 heavy (non-hydrogen) atoms. The largest absolute Gasteiger partial charge is 0.207 e. The third kappa shape index (κ3) is 4.79. The highest BCUT2D eigenvalue weighted by atomic mass is 35.5. The minimum absolute atomic E-state index is 0.214. The average Bonchev–Trinajstić information content (AvgIpc) is 1.86. The van der Waals surface area contributed by atoms with Gasteiger partial charge in [-0.1, -0.05) is 31.2 Å². The maximum absolute atomic E-state index is 12.9. The van der Waals surface area contributed by atoms with E-state index in [0.717, 1.165) is 6.42 Å². The Morgan fingerprint density at radius 2 is 2.18 bits per heavy atom. The Bertz CT molecular complexity index is 202. The monoisotopic (exact) mass is 174 g/mol.